The van der Waals surface area contributed by atoms with Gasteiger partial charge in [-0.15, -0.1) is 11.3 Å². The maximum absolute atomic E-state index is 11.8. The fourth-order valence-electron chi connectivity index (χ4n) is 1.65. The molecule has 1 aromatic heterocycles. The van der Waals surface area contributed by atoms with Crippen LogP contribution >= 0.6 is 11.3 Å². The standard InChI is InChI=1S/C14H13NO3S/c15-14(17)13(10-5-2-1-3-6-10)18-12(16)9-11-7-4-8-19-11/h1-8,13H,9H2,(H2,15,17). The van der Waals surface area contributed by atoms with Gasteiger partial charge in [-0.25, -0.2) is 0 Å². The Morgan fingerprint density at radius 1 is 1.16 bits per heavy atom. The molecule has 2 aromatic rings. The summed E-state index contributed by atoms with van der Waals surface area (Å²) in [4.78, 5) is 24.1. The third-order valence-corrected chi connectivity index (χ3v) is 3.39. The van der Waals surface area contributed by atoms with E-state index >= 15 is 0 Å². The summed E-state index contributed by atoms with van der Waals surface area (Å²) in [6.07, 6.45) is -0.887. The van der Waals surface area contributed by atoms with Crippen LogP contribution in [0.1, 0.15) is 16.5 Å². The van der Waals surface area contributed by atoms with Gasteiger partial charge in [0.2, 0.25) is 6.10 Å². The van der Waals surface area contributed by atoms with Gasteiger partial charge in [-0.05, 0) is 11.4 Å². The third-order valence-electron chi connectivity index (χ3n) is 2.51. The number of hydrogen-bond acceptors (Lipinski definition) is 4. The summed E-state index contributed by atoms with van der Waals surface area (Å²) in [6.45, 7) is 0. The largest absolute Gasteiger partial charge is 0.447 e. The van der Waals surface area contributed by atoms with E-state index in [0.717, 1.165) is 4.88 Å². The number of benzene rings is 1. The van der Waals surface area contributed by atoms with Crippen molar-refractivity contribution in [2.45, 2.75) is 12.5 Å². The molecule has 0 bridgehead atoms. The molecular weight excluding hydrogens is 262 g/mol. The van der Waals surface area contributed by atoms with Gasteiger partial charge in [-0.2, -0.15) is 0 Å². The minimum absolute atomic E-state index is 0.147. The SMILES string of the molecule is NC(=O)C(OC(=O)Cc1cccs1)c1ccccc1. The molecule has 0 radical (unpaired) electrons. The Hall–Kier alpha value is -2.14. The van der Waals surface area contributed by atoms with Gasteiger partial charge in [-0.1, -0.05) is 36.4 Å². The van der Waals surface area contributed by atoms with E-state index in [9.17, 15) is 9.59 Å². The number of primary amides is 1. The molecule has 1 aromatic carbocycles. The number of amides is 1. The Balaban J connectivity index is 2.05. The van der Waals surface area contributed by atoms with Crippen molar-refractivity contribution >= 4 is 23.2 Å². The molecule has 0 saturated heterocycles. The monoisotopic (exact) mass is 275 g/mol. The van der Waals surface area contributed by atoms with Gasteiger partial charge in [0.25, 0.3) is 5.91 Å². The summed E-state index contributed by atoms with van der Waals surface area (Å²) >= 11 is 1.47. The highest BCUT2D eigenvalue weighted by molar-refractivity contribution is 7.10. The quantitative estimate of drug-likeness (QED) is 0.849. The van der Waals surface area contributed by atoms with E-state index in [1.165, 1.54) is 11.3 Å². The van der Waals surface area contributed by atoms with Crippen LogP contribution in [0.4, 0.5) is 0 Å². The summed E-state index contributed by atoms with van der Waals surface area (Å²) in [5.74, 6) is -1.14. The van der Waals surface area contributed by atoms with Crippen molar-refractivity contribution in [3.05, 3.63) is 58.3 Å². The van der Waals surface area contributed by atoms with E-state index in [0.29, 0.717) is 5.56 Å². The predicted octanol–water partition coefficient (Wildman–Crippen LogP) is 2.06. The Morgan fingerprint density at radius 2 is 1.89 bits per heavy atom. The van der Waals surface area contributed by atoms with E-state index in [1.54, 1.807) is 24.3 Å². The minimum Gasteiger partial charge on any atom is -0.447 e. The second-order valence-electron chi connectivity index (χ2n) is 3.94. The van der Waals surface area contributed by atoms with Crippen LogP contribution in [0.5, 0.6) is 0 Å². The lowest BCUT2D eigenvalue weighted by molar-refractivity contribution is -0.154. The number of thiophene rings is 1. The highest BCUT2D eigenvalue weighted by atomic mass is 32.1. The number of hydrogen-bond donors (Lipinski definition) is 1. The Kier molecular flexibility index (Phi) is 4.30. The van der Waals surface area contributed by atoms with Gasteiger partial charge in [0.1, 0.15) is 0 Å². The molecule has 0 aliphatic heterocycles. The molecule has 1 heterocycles. The maximum atomic E-state index is 11.8. The van der Waals surface area contributed by atoms with Gasteiger partial charge >= 0.3 is 5.97 Å². The first-order valence-corrected chi connectivity index (χ1v) is 6.61. The van der Waals surface area contributed by atoms with Crippen molar-refractivity contribution in [2.75, 3.05) is 0 Å². The fraction of sp³-hybridized carbons (Fsp3) is 0.143. The minimum atomic E-state index is -1.03. The summed E-state index contributed by atoms with van der Waals surface area (Å²) < 4.78 is 5.16. The number of rotatable bonds is 5. The van der Waals surface area contributed by atoms with Crippen LogP contribution in [-0.4, -0.2) is 11.9 Å². The van der Waals surface area contributed by atoms with E-state index < -0.39 is 18.0 Å². The topological polar surface area (TPSA) is 69.4 Å². The first-order valence-electron chi connectivity index (χ1n) is 5.73. The van der Waals surface area contributed by atoms with Crippen molar-refractivity contribution in [2.24, 2.45) is 5.73 Å². The van der Waals surface area contributed by atoms with Crippen LogP contribution in [0.3, 0.4) is 0 Å². The van der Waals surface area contributed by atoms with Crippen LogP contribution in [-0.2, 0) is 20.7 Å². The summed E-state index contributed by atoms with van der Waals surface area (Å²) in [5.41, 5.74) is 5.86. The number of carbonyl (C=O) groups is 2. The number of esters is 1. The first kappa shape index (κ1) is 13.3. The zero-order chi connectivity index (χ0) is 13.7. The van der Waals surface area contributed by atoms with Crippen molar-refractivity contribution in [3.8, 4) is 0 Å². The molecule has 0 fully saturated rings. The van der Waals surface area contributed by atoms with Crippen molar-refractivity contribution in [3.63, 3.8) is 0 Å². The van der Waals surface area contributed by atoms with E-state index in [4.69, 9.17) is 10.5 Å². The Morgan fingerprint density at radius 3 is 2.47 bits per heavy atom. The number of ether oxygens (including phenoxy) is 1. The predicted molar refractivity (Wildman–Crippen MR) is 72.5 cm³/mol. The molecule has 2 rings (SSSR count). The lowest BCUT2D eigenvalue weighted by atomic mass is 10.1. The summed E-state index contributed by atoms with van der Waals surface area (Å²) in [5, 5.41) is 1.88. The molecule has 1 unspecified atom stereocenters. The molecule has 5 heteroatoms. The van der Waals surface area contributed by atoms with E-state index in [2.05, 4.69) is 0 Å². The van der Waals surface area contributed by atoms with Gasteiger partial charge < -0.3 is 10.5 Å². The van der Waals surface area contributed by atoms with Crippen LogP contribution in [0.15, 0.2) is 47.8 Å². The molecule has 0 aliphatic carbocycles. The molecule has 1 atom stereocenters. The molecule has 0 saturated carbocycles. The average molecular weight is 275 g/mol. The fourth-order valence-corrected chi connectivity index (χ4v) is 2.34. The van der Waals surface area contributed by atoms with E-state index in [-0.39, 0.29) is 6.42 Å². The second kappa shape index (κ2) is 6.15. The lowest BCUT2D eigenvalue weighted by Crippen LogP contribution is -2.26. The average Bonchev–Trinajstić information content (AvgIpc) is 2.89. The summed E-state index contributed by atoms with van der Waals surface area (Å²) in [6, 6.07) is 12.4. The highest BCUT2D eigenvalue weighted by Gasteiger charge is 2.22. The van der Waals surface area contributed by atoms with E-state index in [1.807, 2.05) is 23.6 Å². The first-order chi connectivity index (χ1) is 9.16. The number of carbonyl (C=O) groups excluding carboxylic acids is 2. The molecule has 98 valence electrons. The molecule has 1 amide bonds. The molecule has 0 aliphatic rings. The zero-order valence-electron chi connectivity index (χ0n) is 10.1. The van der Waals surface area contributed by atoms with Crippen LogP contribution < -0.4 is 5.73 Å². The third kappa shape index (κ3) is 3.66. The molecule has 4 nitrogen and oxygen atoms in total. The summed E-state index contributed by atoms with van der Waals surface area (Å²) in [7, 11) is 0. The smallest absolute Gasteiger partial charge is 0.312 e. The molecule has 0 spiro atoms. The lowest BCUT2D eigenvalue weighted by Gasteiger charge is -2.14. The van der Waals surface area contributed by atoms with Crippen molar-refractivity contribution in [1.29, 1.82) is 0 Å². The van der Waals surface area contributed by atoms with Crippen molar-refractivity contribution in [1.82, 2.24) is 0 Å². The van der Waals surface area contributed by atoms with Crippen molar-refractivity contribution < 1.29 is 14.3 Å². The van der Waals surface area contributed by atoms with Gasteiger partial charge in [0.15, 0.2) is 0 Å². The van der Waals surface area contributed by atoms with Gasteiger partial charge in [0, 0.05) is 10.4 Å². The maximum Gasteiger partial charge on any atom is 0.312 e. The number of nitrogens with two attached hydrogens (primary N) is 1. The molecule has 2 N–H and O–H groups in total. The second-order valence-corrected chi connectivity index (χ2v) is 4.97. The highest BCUT2D eigenvalue weighted by Crippen LogP contribution is 2.18. The zero-order valence-corrected chi connectivity index (χ0v) is 10.9. The normalized spacial score (nSPS) is 11.8. The Bertz CT molecular complexity index is 551. The van der Waals surface area contributed by atoms with Gasteiger partial charge in [0.05, 0.1) is 6.42 Å². The van der Waals surface area contributed by atoms with Crippen LogP contribution in [0.25, 0.3) is 0 Å². The Labute approximate surface area is 114 Å². The van der Waals surface area contributed by atoms with Crippen LogP contribution in [0.2, 0.25) is 0 Å². The molecule has 19 heavy (non-hydrogen) atoms. The van der Waals surface area contributed by atoms with Crippen LogP contribution in [0, 0.1) is 0 Å². The molecular formula is C14H13NO3S. The van der Waals surface area contributed by atoms with Gasteiger partial charge in [-0.3, -0.25) is 9.59 Å².